The van der Waals surface area contributed by atoms with Crippen molar-refractivity contribution in [1.29, 1.82) is 0 Å². The van der Waals surface area contributed by atoms with Gasteiger partial charge in [-0.3, -0.25) is 0 Å². The summed E-state index contributed by atoms with van der Waals surface area (Å²) < 4.78 is 0. The van der Waals surface area contributed by atoms with Gasteiger partial charge in [0.1, 0.15) is 0 Å². The normalized spacial score (nSPS) is 50.0. The zero-order valence-electron chi connectivity index (χ0n) is 8.38. The molecule has 3 aliphatic rings. The second-order valence-corrected chi connectivity index (χ2v) is 5.43. The summed E-state index contributed by atoms with van der Waals surface area (Å²) in [4.78, 5) is 0. The van der Waals surface area contributed by atoms with E-state index in [2.05, 4.69) is 20.8 Å². The molecule has 0 amide bonds. The van der Waals surface area contributed by atoms with Gasteiger partial charge in [-0.2, -0.15) is 0 Å². The van der Waals surface area contributed by atoms with E-state index in [0.29, 0.717) is 17.9 Å². The molecule has 4 unspecified atom stereocenters. The van der Waals surface area contributed by atoms with Gasteiger partial charge in [-0.05, 0) is 41.9 Å². The highest BCUT2D eigenvalue weighted by molar-refractivity contribution is 5.05. The molecule has 3 fully saturated rings. The maximum absolute atomic E-state index is 9.24. The molecule has 1 nitrogen and oxygen atoms in total. The van der Waals surface area contributed by atoms with Crippen LogP contribution in [-0.4, -0.2) is 11.7 Å². The van der Waals surface area contributed by atoms with E-state index in [4.69, 9.17) is 0 Å². The molecule has 0 aromatic carbocycles. The number of aliphatic hydroxyl groups is 1. The van der Waals surface area contributed by atoms with Gasteiger partial charge < -0.3 is 5.11 Å². The highest BCUT2D eigenvalue weighted by Gasteiger charge is 2.56. The van der Waals surface area contributed by atoms with Crippen molar-refractivity contribution in [2.45, 2.75) is 33.6 Å². The van der Waals surface area contributed by atoms with Gasteiger partial charge in [0.2, 0.25) is 0 Å². The van der Waals surface area contributed by atoms with Crippen molar-refractivity contribution in [1.82, 2.24) is 0 Å². The first-order chi connectivity index (χ1) is 5.57. The molecule has 70 valence electrons. The Morgan fingerprint density at radius 1 is 1.25 bits per heavy atom. The van der Waals surface area contributed by atoms with Crippen molar-refractivity contribution in [3.05, 3.63) is 0 Å². The predicted molar refractivity (Wildman–Crippen MR) is 49.7 cm³/mol. The van der Waals surface area contributed by atoms with E-state index in [1.54, 1.807) is 0 Å². The van der Waals surface area contributed by atoms with E-state index < -0.39 is 0 Å². The molecule has 3 aliphatic carbocycles. The zero-order chi connectivity index (χ0) is 8.93. The molecule has 1 heteroatoms. The molecule has 3 rings (SSSR count). The number of rotatable bonds is 1. The summed E-state index contributed by atoms with van der Waals surface area (Å²) >= 11 is 0. The summed E-state index contributed by atoms with van der Waals surface area (Å²) in [6.07, 6.45) is 2.63. The Balaban J connectivity index is 2.16. The highest BCUT2D eigenvalue weighted by atomic mass is 16.3. The van der Waals surface area contributed by atoms with Crippen LogP contribution in [0.25, 0.3) is 0 Å². The van der Waals surface area contributed by atoms with Crippen molar-refractivity contribution in [3.63, 3.8) is 0 Å². The van der Waals surface area contributed by atoms with Crippen LogP contribution in [0, 0.1) is 29.1 Å². The Morgan fingerprint density at radius 2 is 1.92 bits per heavy atom. The molecule has 3 saturated carbocycles. The first-order valence-electron chi connectivity index (χ1n) is 5.18. The summed E-state index contributed by atoms with van der Waals surface area (Å²) in [5.74, 6) is 3.18. The van der Waals surface area contributed by atoms with E-state index in [9.17, 15) is 5.11 Å². The van der Waals surface area contributed by atoms with Gasteiger partial charge in [-0.1, -0.05) is 20.8 Å². The fourth-order valence-corrected chi connectivity index (χ4v) is 3.77. The fourth-order valence-electron chi connectivity index (χ4n) is 3.77. The average Bonchev–Trinajstić information content (AvgIpc) is 2.02. The Hall–Kier alpha value is -0.0400. The van der Waals surface area contributed by atoms with Gasteiger partial charge in [0.15, 0.2) is 0 Å². The van der Waals surface area contributed by atoms with Crippen LogP contribution in [0.5, 0.6) is 0 Å². The minimum atomic E-state index is 0.408. The highest BCUT2D eigenvalue weighted by Crippen LogP contribution is 2.63. The van der Waals surface area contributed by atoms with Gasteiger partial charge in [-0.15, -0.1) is 0 Å². The standard InChI is InChI=1S/C11H20O/c1-7-4-8(6-12)10-5-9(7)11(10,2)3/h7-10,12H,4-6H2,1-3H3. The van der Waals surface area contributed by atoms with Gasteiger partial charge >= 0.3 is 0 Å². The Kier molecular flexibility index (Phi) is 1.76. The van der Waals surface area contributed by atoms with Crippen LogP contribution in [-0.2, 0) is 0 Å². The SMILES string of the molecule is CC1CC(CO)C2CC1C2(C)C. The summed E-state index contributed by atoms with van der Waals surface area (Å²) in [5.41, 5.74) is 0.519. The molecule has 0 saturated heterocycles. The van der Waals surface area contributed by atoms with Gasteiger partial charge in [0.05, 0.1) is 0 Å². The summed E-state index contributed by atoms with van der Waals surface area (Å²) in [6, 6.07) is 0. The van der Waals surface area contributed by atoms with Crippen LogP contribution in [0.4, 0.5) is 0 Å². The van der Waals surface area contributed by atoms with E-state index in [1.807, 2.05) is 0 Å². The molecule has 2 bridgehead atoms. The lowest BCUT2D eigenvalue weighted by atomic mass is 9.43. The maximum atomic E-state index is 9.24. The lowest BCUT2D eigenvalue weighted by Gasteiger charge is -2.62. The smallest absolute Gasteiger partial charge is 0.0462 e. The van der Waals surface area contributed by atoms with E-state index in [0.717, 1.165) is 17.8 Å². The number of aliphatic hydroxyl groups excluding tert-OH is 1. The third-order valence-electron chi connectivity index (χ3n) is 4.58. The van der Waals surface area contributed by atoms with Crippen LogP contribution in [0.15, 0.2) is 0 Å². The van der Waals surface area contributed by atoms with Crippen LogP contribution in [0.3, 0.4) is 0 Å². The van der Waals surface area contributed by atoms with E-state index >= 15 is 0 Å². The molecule has 0 aromatic heterocycles. The maximum Gasteiger partial charge on any atom is 0.0462 e. The van der Waals surface area contributed by atoms with Gasteiger partial charge in [0.25, 0.3) is 0 Å². The molecule has 1 N–H and O–H groups in total. The predicted octanol–water partition coefficient (Wildman–Crippen LogP) is 2.30. The van der Waals surface area contributed by atoms with Crippen molar-refractivity contribution in [2.75, 3.05) is 6.61 Å². The molecule has 0 aliphatic heterocycles. The van der Waals surface area contributed by atoms with Crippen molar-refractivity contribution in [2.24, 2.45) is 29.1 Å². The lowest BCUT2D eigenvalue weighted by molar-refractivity contribution is -0.146. The minimum Gasteiger partial charge on any atom is -0.396 e. The van der Waals surface area contributed by atoms with Crippen LogP contribution in [0.2, 0.25) is 0 Å². The molecule has 0 spiro atoms. The lowest BCUT2D eigenvalue weighted by Crippen LogP contribution is -2.56. The Bertz CT molecular complexity index is 185. The largest absolute Gasteiger partial charge is 0.396 e. The second kappa shape index (κ2) is 2.47. The first kappa shape index (κ1) is 8.55. The molecule has 0 radical (unpaired) electrons. The van der Waals surface area contributed by atoms with Crippen LogP contribution in [0.1, 0.15) is 33.6 Å². The second-order valence-electron chi connectivity index (χ2n) is 5.43. The minimum absolute atomic E-state index is 0.408. The third-order valence-corrected chi connectivity index (χ3v) is 4.58. The number of hydrogen-bond donors (Lipinski definition) is 1. The zero-order valence-corrected chi connectivity index (χ0v) is 8.38. The van der Waals surface area contributed by atoms with E-state index in [1.165, 1.54) is 12.8 Å². The molecular weight excluding hydrogens is 148 g/mol. The molecule has 0 heterocycles. The Labute approximate surface area is 75.2 Å². The van der Waals surface area contributed by atoms with Gasteiger partial charge in [-0.25, -0.2) is 0 Å². The molecular formula is C11H20O. The number of fused-ring (bicyclic) bond motifs is 2. The summed E-state index contributed by atoms with van der Waals surface area (Å²) in [7, 11) is 0. The van der Waals surface area contributed by atoms with Crippen LogP contribution < -0.4 is 0 Å². The monoisotopic (exact) mass is 168 g/mol. The quantitative estimate of drug-likeness (QED) is 0.637. The molecule has 0 aromatic rings. The fraction of sp³-hybridized carbons (Fsp3) is 1.00. The average molecular weight is 168 g/mol. The summed E-state index contributed by atoms with van der Waals surface area (Å²) in [6.45, 7) is 7.52. The van der Waals surface area contributed by atoms with Crippen molar-refractivity contribution < 1.29 is 5.11 Å². The van der Waals surface area contributed by atoms with Crippen molar-refractivity contribution in [3.8, 4) is 0 Å². The topological polar surface area (TPSA) is 20.2 Å². The molecule has 4 atom stereocenters. The van der Waals surface area contributed by atoms with Crippen LogP contribution >= 0.6 is 0 Å². The Morgan fingerprint density at radius 3 is 2.33 bits per heavy atom. The molecule has 12 heavy (non-hydrogen) atoms. The summed E-state index contributed by atoms with van der Waals surface area (Å²) in [5, 5.41) is 9.24. The van der Waals surface area contributed by atoms with Crippen molar-refractivity contribution >= 4 is 0 Å². The third kappa shape index (κ3) is 0.891. The van der Waals surface area contributed by atoms with E-state index in [-0.39, 0.29) is 0 Å². The number of hydrogen-bond acceptors (Lipinski definition) is 1. The first-order valence-corrected chi connectivity index (χ1v) is 5.18. The van der Waals surface area contributed by atoms with Gasteiger partial charge in [0, 0.05) is 6.61 Å².